The SMILES string of the molecule is C[C@H](c1cccc([N+](=O)[O-])c1)N(C)C(=O)Nc1ccc2c(c1)C(=O)N(C)C2=O. The van der Waals surface area contributed by atoms with Gasteiger partial charge in [0.1, 0.15) is 0 Å². The first-order valence-corrected chi connectivity index (χ1v) is 8.45. The molecule has 0 radical (unpaired) electrons. The fourth-order valence-corrected chi connectivity index (χ4v) is 2.95. The van der Waals surface area contributed by atoms with Gasteiger partial charge in [-0.3, -0.25) is 24.6 Å². The van der Waals surface area contributed by atoms with E-state index in [-0.39, 0.29) is 17.2 Å². The van der Waals surface area contributed by atoms with Crippen LogP contribution >= 0.6 is 0 Å². The molecule has 0 fully saturated rings. The van der Waals surface area contributed by atoms with Crippen molar-refractivity contribution < 1.29 is 19.3 Å². The highest BCUT2D eigenvalue weighted by Gasteiger charge is 2.33. The molecule has 0 aromatic heterocycles. The zero-order chi connectivity index (χ0) is 20.6. The molecule has 1 atom stereocenters. The molecule has 0 saturated heterocycles. The van der Waals surface area contributed by atoms with Crippen molar-refractivity contribution >= 4 is 29.2 Å². The molecule has 0 aliphatic carbocycles. The van der Waals surface area contributed by atoms with Crippen molar-refractivity contribution in [2.75, 3.05) is 19.4 Å². The maximum Gasteiger partial charge on any atom is 0.322 e. The van der Waals surface area contributed by atoms with E-state index < -0.39 is 22.9 Å². The summed E-state index contributed by atoms with van der Waals surface area (Å²) in [5.41, 5.74) is 1.47. The van der Waals surface area contributed by atoms with Crippen molar-refractivity contribution in [1.29, 1.82) is 0 Å². The molecule has 3 rings (SSSR count). The quantitative estimate of drug-likeness (QED) is 0.496. The molecule has 0 unspecified atom stereocenters. The van der Waals surface area contributed by atoms with E-state index in [1.165, 1.54) is 36.2 Å². The molecular formula is C19H18N4O5. The Morgan fingerprint density at radius 2 is 1.82 bits per heavy atom. The Labute approximate surface area is 160 Å². The summed E-state index contributed by atoms with van der Waals surface area (Å²) < 4.78 is 0. The number of nitro groups is 1. The number of nitrogens with one attached hydrogen (secondary N) is 1. The number of nitrogens with zero attached hydrogens (tertiary/aromatic N) is 3. The molecule has 9 heteroatoms. The van der Waals surface area contributed by atoms with E-state index in [1.807, 2.05) is 0 Å². The molecule has 1 heterocycles. The van der Waals surface area contributed by atoms with Gasteiger partial charge in [-0.15, -0.1) is 0 Å². The first kappa shape index (κ1) is 19.0. The number of carbonyl (C=O) groups is 3. The van der Waals surface area contributed by atoms with Gasteiger partial charge < -0.3 is 10.2 Å². The van der Waals surface area contributed by atoms with Crippen LogP contribution in [-0.2, 0) is 0 Å². The molecule has 0 spiro atoms. The Hall–Kier alpha value is -3.75. The molecule has 1 aliphatic heterocycles. The number of amides is 4. The Morgan fingerprint density at radius 1 is 1.14 bits per heavy atom. The molecule has 4 amide bonds. The largest absolute Gasteiger partial charge is 0.322 e. The summed E-state index contributed by atoms with van der Waals surface area (Å²) in [6, 6.07) is 9.70. The monoisotopic (exact) mass is 382 g/mol. The minimum atomic E-state index is -0.490. The number of non-ortho nitro benzene ring substituents is 1. The van der Waals surface area contributed by atoms with Gasteiger partial charge in [0.15, 0.2) is 0 Å². The van der Waals surface area contributed by atoms with Crippen LogP contribution in [0.15, 0.2) is 42.5 Å². The van der Waals surface area contributed by atoms with Gasteiger partial charge in [0.05, 0.1) is 22.1 Å². The predicted octanol–water partition coefficient (Wildman–Crippen LogP) is 3.05. The average Bonchev–Trinajstić information content (AvgIpc) is 2.90. The smallest absolute Gasteiger partial charge is 0.321 e. The number of hydrogen-bond donors (Lipinski definition) is 1. The third-order valence-electron chi connectivity index (χ3n) is 4.81. The van der Waals surface area contributed by atoms with E-state index >= 15 is 0 Å². The Morgan fingerprint density at radius 3 is 2.50 bits per heavy atom. The second-order valence-electron chi connectivity index (χ2n) is 6.50. The fourth-order valence-electron chi connectivity index (χ4n) is 2.95. The Bertz CT molecular complexity index is 1000. The molecule has 0 bridgehead atoms. The van der Waals surface area contributed by atoms with Crippen molar-refractivity contribution in [3.63, 3.8) is 0 Å². The van der Waals surface area contributed by atoms with Crippen molar-refractivity contribution in [1.82, 2.24) is 9.80 Å². The number of rotatable bonds is 4. The average molecular weight is 382 g/mol. The second-order valence-corrected chi connectivity index (χ2v) is 6.50. The number of anilines is 1. The first-order valence-electron chi connectivity index (χ1n) is 8.45. The number of fused-ring (bicyclic) bond motifs is 1. The number of benzene rings is 2. The minimum absolute atomic E-state index is 0.0518. The highest BCUT2D eigenvalue weighted by Crippen LogP contribution is 2.26. The molecular weight excluding hydrogens is 364 g/mol. The highest BCUT2D eigenvalue weighted by molar-refractivity contribution is 6.21. The van der Waals surface area contributed by atoms with Crippen molar-refractivity contribution in [2.45, 2.75) is 13.0 Å². The summed E-state index contributed by atoms with van der Waals surface area (Å²) in [4.78, 5) is 49.5. The van der Waals surface area contributed by atoms with Gasteiger partial charge in [-0.05, 0) is 30.7 Å². The van der Waals surface area contributed by atoms with Gasteiger partial charge in [0, 0.05) is 31.9 Å². The van der Waals surface area contributed by atoms with Crippen molar-refractivity contribution in [3.8, 4) is 0 Å². The number of hydrogen-bond acceptors (Lipinski definition) is 5. The van der Waals surface area contributed by atoms with Crippen molar-refractivity contribution in [2.24, 2.45) is 0 Å². The van der Waals surface area contributed by atoms with Crippen LogP contribution in [0.1, 0.15) is 39.2 Å². The molecule has 144 valence electrons. The number of carbonyl (C=O) groups excluding carboxylic acids is 3. The standard InChI is InChI=1S/C19H18N4O5/c1-11(12-5-4-6-14(9-12)23(27)28)21(2)19(26)20-13-7-8-15-16(10-13)18(25)22(3)17(15)24/h4-11H,1-3H3,(H,20,26)/t11-/m1/s1. The second kappa shape index (κ2) is 7.10. The fraction of sp³-hybridized carbons (Fsp3) is 0.211. The number of imide groups is 1. The van der Waals surface area contributed by atoms with Crippen LogP contribution in [0, 0.1) is 10.1 Å². The van der Waals surface area contributed by atoms with Gasteiger partial charge in [0.2, 0.25) is 0 Å². The first-order chi connectivity index (χ1) is 13.2. The lowest BCUT2D eigenvalue weighted by Gasteiger charge is -2.25. The summed E-state index contributed by atoms with van der Waals surface area (Å²) in [5, 5.41) is 13.6. The molecule has 2 aromatic carbocycles. The number of nitro benzene ring substituents is 1. The van der Waals surface area contributed by atoms with Gasteiger partial charge in [0.25, 0.3) is 17.5 Å². The maximum absolute atomic E-state index is 12.6. The third kappa shape index (κ3) is 3.29. The predicted molar refractivity (Wildman–Crippen MR) is 101 cm³/mol. The summed E-state index contributed by atoms with van der Waals surface area (Å²) >= 11 is 0. The van der Waals surface area contributed by atoms with Crippen LogP contribution in [-0.4, -0.2) is 46.7 Å². The van der Waals surface area contributed by atoms with E-state index in [2.05, 4.69) is 5.32 Å². The molecule has 9 nitrogen and oxygen atoms in total. The Kier molecular flexibility index (Phi) is 4.83. The van der Waals surface area contributed by atoms with E-state index in [9.17, 15) is 24.5 Å². The minimum Gasteiger partial charge on any atom is -0.321 e. The van der Waals surface area contributed by atoms with Crippen LogP contribution < -0.4 is 5.32 Å². The topological polar surface area (TPSA) is 113 Å². The van der Waals surface area contributed by atoms with Gasteiger partial charge in [-0.2, -0.15) is 0 Å². The Balaban J connectivity index is 1.76. The highest BCUT2D eigenvalue weighted by atomic mass is 16.6. The van der Waals surface area contributed by atoms with Gasteiger partial charge in [-0.1, -0.05) is 12.1 Å². The molecule has 1 aliphatic rings. The van der Waals surface area contributed by atoms with E-state index in [0.717, 1.165) is 4.90 Å². The molecule has 1 N–H and O–H groups in total. The van der Waals surface area contributed by atoms with E-state index in [0.29, 0.717) is 16.8 Å². The van der Waals surface area contributed by atoms with Crippen LogP contribution in [0.5, 0.6) is 0 Å². The summed E-state index contributed by atoms with van der Waals surface area (Å²) in [5.74, 6) is -0.802. The number of urea groups is 1. The zero-order valence-corrected chi connectivity index (χ0v) is 15.5. The zero-order valence-electron chi connectivity index (χ0n) is 15.5. The van der Waals surface area contributed by atoms with Crippen LogP contribution in [0.3, 0.4) is 0 Å². The lowest BCUT2D eigenvalue weighted by Crippen LogP contribution is -2.33. The van der Waals surface area contributed by atoms with Gasteiger partial charge in [-0.25, -0.2) is 4.79 Å². The molecule has 28 heavy (non-hydrogen) atoms. The lowest BCUT2D eigenvalue weighted by atomic mass is 10.1. The molecule has 0 saturated carbocycles. The van der Waals surface area contributed by atoms with Crippen LogP contribution in [0.25, 0.3) is 0 Å². The summed E-state index contributed by atoms with van der Waals surface area (Å²) in [7, 11) is 2.96. The third-order valence-corrected chi connectivity index (χ3v) is 4.81. The van der Waals surface area contributed by atoms with Crippen molar-refractivity contribution in [3.05, 3.63) is 69.3 Å². The molecule has 2 aromatic rings. The van der Waals surface area contributed by atoms with Crippen LogP contribution in [0.2, 0.25) is 0 Å². The lowest BCUT2D eigenvalue weighted by molar-refractivity contribution is -0.384. The van der Waals surface area contributed by atoms with E-state index in [1.54, 1.807) is 32.2 Å². The summed E-state index contributed by atoms with van der Waals surface area (Å²) in [6.07, 6.45) is 0. The normalized spacial score (nSPS) is 13.9. The van der Waals surface area contributed by atoms with Crippen LogP contribution in [0.4, 0.5) is 16.2 Å². The van der Waals surface area contributed by atoms with Gasteiger partial charge >= 0.3 is 6.03 Å². The maximum atomic E-state index is 12.6. The summed E-state index contributed by atoms with van der Waals surface area (Å²) in [6.45, 7) is 1.75. The van der Waals surface area contributed by atoms with E-state index in [4.69, 9.17) is 0 Å².